The minimum atomic E-state index is -1.13. The largest absolute Gasteiger partial charge is 0.348 e. The van der Waals surface area contributed by atoms with E-state index >= 15 is 0 Å². The number of nitrogens with zero attached hydrogens (tertiary/aromatic N) is 3. The third-order valence-electron chi connectivity index (χ3n) is 5.67. The van der Waals surface area contributed by atoms with Gasteiger partial charge in [-0.1, -0.05) is 18.2 Å². The van der Waals surface area contributed by atoms with Crippen LogP contribution >= 0.6 is 0 Å². The molecule has 35 heavy (non-hydrogen) atoms. The van der Waals surface area contributed by atoms with Crippen LogP contribution in [-0.4, -0.2) is 23.9 Å². The molecule has 0 aliphatic carbocycles. The van der Waals surface area contributed by atoms with E-state index in [4.69, 9.17) is 6.57 Å². The number of hydrogen-bond donors (Lipinski definition) is 1. The topological polar surface area (TPSA) is 57.0 Å². The number of benzene rings is 3. The van der Waals surface area contributed by atoms with Gasteiger partial charge in [0.25, 0.3) is 5.91 Å². The van der Waals surface area contributed by atoms with Crippen LogP contribution in [0.15, 0.2) is 48.5 Å². The fourth-order valence-corrected chi connectivity index (χ4v) is 3.85. The van der Waals surface area contributed by atoms with Crippen LogP contribution < -0.4 is 10.2 Å². The zero-order chi connectivity index (χ0) is 25.3. The summed E-state index contributed by atoms with van der Waals surface area (Å²) in [7, 11) is 1.57. The second kappa shape index (κ2) is 9.46. The molecule has 3 amide bonds. The highest BCUT2D eigenvalue weighted by molar-refractivity contribution is 5.99. The predicted molar refractivity (Wildman–Crippen MR) is 120 cm³/mol. The van der Waals surface area contributed by atoms with Gasteiger partial charge in [-0.3, -0.25) is 9.69 Å². The van der Waals surface area contributed by atoms with Crippen molar-refractivity contribution in [3.05, 3.63) is 105 Å². The number of anilines is 1. The van der Waals surface area contributed by atoms with Crippen molar-refractivity contribution in [1.82, 2.24) is 10.2 Å². The molecule has 0 atom stereocenters. The van der Waals surface area contributed by atoms with Crippen LogP contribution in [0.2, 0.25) is 0 Å². The minimum absolute atomic E-state index is 0.0363. The van der Waals surface area contributed by atoms with Crippen LogP contribution in [0, 0.1) is 29.8 Å². The van der Waals surface area contributed by atoms with E-state index in [2.05, 4.69) is 10.2 Å². The Morgan fingerprint density at radius 2 is 1.74 bits per heavy atom. The molecule has 178 valence electrons. The van der Waals surface area contributed by atoms with Crippen LogP contribution in [0.25, 0.3) is 4.85 Å². The van der Waals surface area contributed by atoms with Crippen molar-refractivity contribution >= 4 is 23.3 Å². The van der Waals surface area contributed by atoms with Crippen molar-refractivity contribution in [3.63, 3.8) is 0 Å². The number of halogens is 4. The average molecular weight is 482 g/mol. The van der Waals surface area contributed by atoms with E-state index in [0.29, 0.717) is 23.4 Å². The van der Waals surface area contributed by atoms with Crippen molar-refractivity contribution in [3.8, 4) is 0 Å². The molecule has 1 aliphatic heterocycles. The van der Waals surface area contributed by atoms with Gasteiger partial charge in [0.05, 0.1) is 12.3 Å². The van der Waals surface area contributed by atoms with E-state index in [-0.39, 0.29) is 29.9 Å². The molecule has 1 heterocycles. The zero-order valence-corrected chi connectivity index (χ0v) is 18.4. The maximum absolute atomic E-state index is 14.5. The van der Waals surface area contributed by atoms with Gasteiger partial charge in [-0.15, -0.1) is 0 Å². The number of fused-ring (bicyclic) bond motifs is 1. The van der Waals surface area contributed by atoms with Gasteiger partial charge in [-0.25, -0.2) is 27.2 Å². The lowest BCUT2D eigenvalue weighted by Crippen LogP contribution is -2.45. The van der Waals surface area contributed by atoms with E-state index in [0.717, 1.165) is 0 Å². The summed E-state index contributed by atoms with van der Waals surface area (Å²) in [5.74, 6) is -4.66. The van der Waals surface area contributed by atoms with Gasteiger partial charge in [0.15, 0.2) is 5.69 Å². The summed E-state index contributed by atoms with van der Waals surface area (Å²) >= 11 is 0. The summed E-state index contributed by atoms with van der Waals surface area (Å²) in [5.41, 5.74) is 0.716. The number of nitrogens with one attached hydrogen (secondary N) is 1. The van der Waals surface area contributed by atoms with E-state index in [1.54, 1.807) is 13.1 Å². The molecule has 10 heteroatoms. The standard InChI is InChI=1S/C25H18F4N4O2/c1-30-22-5-3-4-19(27)18(22)13-33-23-8-14(6-7-15(23)12-32(2)25(33)35)24(34)31-11-17-20(28)9-16(26)10-21(17)29/h3-10H,11-13H2,2H3,(H,31,34). The molecule has 0 bridgehead atoms. The Balaban J connectivity index is 1.63. The van der Waals surface area contributed by atoms with E-state index in [1.807, 2.05) is 0 Å². The molecule has 6 nitrogen and oxygen atoms in total. The Kier molecular flexibility index (Phi) is 6.42. The molecule has 4 rings (SSSR count). The monoisotopic (exact) mass is 482 g/mol. The number of amides is 3. The van der Waals surface area contributed by atoms with Gasteiger partial charge >= 0.3 is 6.03 Å². The maximum Gasteiger partial charge on any atom is 0.324 e. The third kappa shape index (κ3) is 4.66. The SMILES string of the molecule is [C-]#[N+]c1cccc(F)c1CN1C(=O)N(C)Cc2ccc(C(=O)NCc3c(F)cc(F)cc3F)cc21. The summed E-state index contributed by atoms with van der Waals surface area (Å²) < 4.78 is 55.4. The Bertz CT molecular complexity index is 1360. The molecular weight excluding hydrogens is 464 g/mol. The lowest BCUT2D eigenvalue weighted by atomic mass is 10.0. The van der Waals surface area contributed by atoms with Crippen molar-refractivity contribution in [1.29, 1.82) is 0 Å². The lowest BCUT2D eigenvalue weighted by molar-refractivity contribution is 0.0950. The molecule has 1 aliphatic rings. The number of carbonyl (C=O) groups is 2. The zero-order valence-electron chi connectivity index (χ0n) is 18.4. The molecule has 1 N–H and O–H groups in total. The van der Waals surface area contributed by atoms with Crippen molar-refractivity contribution in [2.24, 2.45) is 0 Å². The first kappa shape index (κ1) is 23.8. The number of urea groups is 1. The molecule has 0 saturated heterocycles. The van der Waals surface area contributed by atoms with Gasteiger partial charge in [0.1, 0.15) is 23.3 Å². The summed E-state index contributed by atoms with van der Waals surface area (Å²) in [6.07, 6.45) is 0. The summed E-state index contributed by atoms with van der Waals surface area (Å²) in [6, 6.07) is 9.16. The fraction of sp³-hybridized carbons (Fsp3) is 0.160. The molecular formula is C25H18F4N4O2. The summed E-state index contributed by atoms with van der Waals surface area (Å²) in [5, 5.41) is 2.38. The van der Waals surface area contributed by atoms with Gasteiger partial charge in [-0.05, 0) is 23.8 Å². The first-order chi connectivity index (χ1) is 16.7. The normalized spacial score (nSPS) is 12.9. The highest BCUT2D eigenvalue weighted by Gasteiger charge is 2.30. The van der Waals surface area contributed by atoms with Gasteiger partial charge in [0, 0.05) is 55.5 Å². The van der Waals surface area contributed by atoms with E-state index in [9.17, 15) is 27.2 Å². The predicted octanol–water partition coefficient (Wildman–Crippen LogP) is 5.30. The fourth-order valence-electron chi connectivity index (χ4n) is 3.85. The smallest absolute Gasteiger partial charge is 0.324 e. The molecule has 0 unspecified atom stereocenters. The van der Waals surface area contributed by atoms with Crippen molar-refractivity contribution < 1.29 is 27.2 Å². The van der Waals surface area contributed by atoms with E-state index < -0.39 is 47.3 Å². The van der Waals surface area contributed by atoms with Crippen LogP contribution in [0.4, 0.5) is 33.7 Å². The Morgan fingerprint density at radius 1 is 1.03 bits per heavy atom. The van der Waals surface area contributed by atoms with Crippen molar-refractivity contribution in [2.75, 3.05) is 11.9 Å². The van der Waals surface area contributed by atoms with Crippen LogP contribution in [0.3, 0.4) is 0 Å². The summed E-state index contributed by atoms with van der Waals surface area (Å²) in [6.45, 7) is 6.78. The highest BCUT2D eigenvalue weighted by Crippen LogP contribution is 2.33. The van der Waals surface area contributed by atoms with Gasteiger partial charge in [-0.2, -0.15) is 0 Å². The molecule has 0 saturated carbocycles. The first-order valence-corrected chi connectivity index (χ1v) is 10.4. The average Bonchev–Trinajstić information content (AvgIpc) is 2.81. The molecule has 0 fully saturated rings. The maximum atomic E-state index is 14.5. The Morgan fingerprint density at radius 3 is 2.43 bits per heavy atom. The van der Waals surface area contributed by atoms with Gasteiger partial charge < -0.3 is 10.2 Å². The Hall–Kier alpha value is -4.39. The number of rotatable bonds is 5. The molecule has 3 aromatic rings. The van der Waals surface area contributed by atoms with Crippen LogP contribution in [-0.2, 0) is 19.6 Å². The summed E-state index contributed by atoms with van der Waals surface area (Å²) in [4.78, 5) is 31.7. The number of hydrogen-bond acceptors (Lipinski definition) is 2. The second-order valence-corrected chi connectivity index (χ2v) is 7.95. The first-order valence-electron chi connectivity index (χ1n) is 10.4. The molecule has 0 spiro atoms. The quantitative estimate of drug-likeness (QED) is 0.397. The van der Waals surface area contributed by atoms with Crippen LogP contribution in [0.1, 0.15) is 27.0 Å². The molecule has 0 aromatic heterocycles. The molecule has 3 aromatic carbocycles. The number of carbonyl (C=O) groups excluding carboxylic acids is 2. The third-order valence-corrected chi connectivity index (χ3v) is 5.67. The van der Waals surface area contributed by atoms with Crippen molar-refractivity contribution in [2.45, 2.75) is 19.6 Å². The molecule has 0 radical (unpaired) electrons. The lowest BCUT2D eigenvalue weighted by Gasteiger charge is -2.35. The second-order valence-electron chi connectivity index (χ2n) is 7.95. The van der Waals surface area contributed by atoms with E-state index in [1.165, 1.54) is 40.1 Å². The van der Waals surface area contributed by atoms with Crippen LogP contribution in [0.5, 0.6) is 0 Å². The van der Waals surface area contributed by atoms with Gasteiger partial charge in [0.2, 0.25) is 0 Å². The Labute approximate surface area is 198 Å². The highest BCUT2D eigenvalue weighted by atomic mass is 19.1. The minimum Gasteiger partial charge on any atom is -0.348 e.